The van der Waals surface area contributed by atoms with Crippen LogP contribution in [0.25, 0.3) is 11.4 Å². The van der Waals surface area contributed by atoms with Crippen molar-refractivity contribution in [3.05, 3.63) is 28.2 Å². The fraction of sp³-hybridized carbons (Fsp3) is 0.333. The maximum absolute atomic E-state index is 11.8. The fourth-order valence-electron chi connectivity index (χ4n) is 1.96. The van der Waals surface area contributed by atoms with Gasteiger partial charge in [0.05, 0.1) is 10.8 Å². The molecule has 0 radical (unpaired) electrons. The molecule has 0 aliphatic heterocycles. The molecule has 1 aromatic heterocycles. The monoisotopic (exact) mass is 402 g/mol. The Bertz CT molecular complexity index is 797. The predicted octanol–water partition coefficient (Wildman–Crippen LogP) is 2.78. The summed E-state index contributed by atoms with van der Waals surface area (Å²) in [6, 6.07) is 5.10. The molecule has 0 bridgehead atoms. The largest absolute Gasteiger partial charge is 0.452 e. The Morgan fingerprint density at radius 3 is 2.68 bits per heavy atom. The highest BCUT2D eigenvalue weighted by Gasteiger charge is 2.19. The van der Waals surface area contributed by atoms with Gasteiger partial charge in [0.25, 0.3) is 5.91 Å². The Labute approximate surface area is 158 Å². The Kier molecular flexibility index (Phi) is 6.69. The van der Waals surface area contributed by atoms with Crippen LogP contribution in [0.4, 0.5) is 0 Å². The molecule has 0 aliphatic carbocycles. The molecule has 25 heavy (non-hydrogen) atoms. The summed E-state index contributed by atoms with van der Waals surface area (Å²) < 4.78 is 6.73. The second-order valence-electron chi connectivity index (χ2n) is 5.00. The van der Waals surface area contributed by atoms with Crippen molar-refractivity contribution in [2.45, 2.75) is 31.7 Å². The van der Waals surface area contributed by atoms with E-state index in [-0.39, 0.29) is 5.75 Å². The van der Waals surface area contributed by atoms with E-state index in [2.05, 4.69) is 10.2 Å². The second-order valence-corrected chi connectivity index (χ2v) is 6.78. The Morgan fingerprint density at radius 2 is 2.08 bits per heavy atom. The van der Waals surface area contributed by atoms with Crippen LogP contribution in [0, 0.1) is 0 Å². The van der Waals surface area contributed by atoms with E-state index in [0.717, 1.165) is 11.8 Å². The van der Waals surface area contributed by atoms with Crippen molar-refractivity contribution in [3.63, 3.8) is 0 Å². The van der Waals surface area contributed by atoms with E-state index in [1.807, 2.05) is 11.5 Å². The summed E-state index contributed by atoms with van der Waals surface area (Å²) in [5.41, 5.74) is 5.75. The summed E-state index contributed by atoms with van der Waals surface area (Å²) in [4.78, 5) is 22.7. The number of hydrogen-bond donors (Lipinski definition) is 1. The highest BCUT2D eigenvalue weighted by atomic mass is 35.5. The summed E-state index contributed by atoms with van der Waals surface area (Å²) >= 11 is 13.3. The molecule has 1 amide bonds. The van der Waals surface area contributed by atoms with Crippen LogP contribution in [0.1, 0.15) is 13.8 Å². The molecule has 2 aromatic rings. The molecule has 0 fully saturated rings. The van der Waals surface area contributed by atoms with Gasteiger partial charge in [0.2, 0.25) is 0 Å². The van der Waals surface area contributed by atoms with E-state index in [9.17, 15) is 9.59 Å². The van der Waals surface area contributed by atoms with Crippen molar-refractivity contribution in [1.29, 1.82) is 0 Å². The van der Waals surface area contributed by atoms with Crippen LogP contribution in [-0.4, -0.2) is 38.5 Å². The number of amides is 1. The van der Waals surface area contributed by atoms with Crippen LogP contribution in [-0.2, 0) is 20.9 Å². The molecule has 7 nitrogen and oxygen atoms in total. The molecule has 134 valence electrons. The summed E-state index contributed by atoms with van der Waals surface area (Å²) in [6.07, 6.45) is -0.972. The summed E-state index contributed by atoms with van der Waals surface area (Å²) in [5, 5.41) is 9.77. The van der Waals surface area contributed by atoms with E-state index >= 15 is 0 Å². The topological polar surface area (TPSA) is 100 Å². The Hall–Kier alpha value is -1.77. The zero-order chi connectivity index (χ0) is 18.6. The van der Waals surface area contributed by atoms with Crippen molar-refractivity contribution >= 4 is 46.8 Å². The minimum atomic E-state index is -0.972. The van der Waals surface area contributed by atoms with Crippen LogP contribution < -0.4 is 5.73 Å². The molecule has 0 unspecified atom stereocenters. The van der Waals surface area contributed by atoms with Gasteiger partial charge in [-0.3, -0.25) is 9.59 Å². The molecule has 1 heterocycles. The van der Waals surface area contributed by atoms with Gasteiger partial charge in [-0.1, -0.05) is 35.0 Å². The van der Waals surface area contributed by atoms with Gasteiger partial charge < -0.3 is 15.0 Å². The molecule has 10 heteroatoms. The molecule has 0 saturated heterocycles. The molecule has 0 saturated carbocycles. The number of thioether (sulfide) groups is 1. The van der Waals surface area contributed by atoms with Crippen LogP contribution in [0.5, 0.6) is 0 Å². The first-order valence-electron chi connectivity index (χ1n) is 7.33. The molecule has 1 aromatic carbocycles. The molecular weight excluding hydrogens is 387 g/mol. The van der Waals surface area contributed by atoms with E-state index < -0.39 is 18.0 Å². The lowest BCUT2D eigenvalue weighted by Crippen LogP contribution is -2.31. The SMILES string of the molecule is CCn1c(SCC(=O)O[C@@H](C)C(N)=O)nnc1-c1ccc(Cl)cc1Cl. The number of carbonyl (C=O) groups is 2. The Morgan fingerprint density at radius 1 is 1.36 bits per heavy atom. The molecule has 2 N–H and O–H groups in total. The first kappa shape index (κ1) is 19.6. The number of ether oxygens (including phenoxy) is 1. The number of hydrogen-bond acceptors (Lipinski definition) is 6. The number of primary amides is 1. The lowest BCUT2D eigenvalue weighted by atomic mass is 10.2. The summed E-state index contributed by atoms with van der Waals surface area (Å²) in [5.74, 6) is -0.710. The van der Waals surface area contributed by atoms with E-state index in [0.29, 0.717) is 33.1 Å². The van der Waals surface area contributed by atoms with E-state index in [4.69, 9.17) is 33.7 Å². The number of nitrogens with two attached hydrogens (primary N) is 1. The minimum Gasteiger partial charge on any atom is -0.452 e. The number of carbonyl (C=O) groups excluding carboxylic acids is 2. The predicted molar refractivity (Wildman–Crippen MR) is 96.6 cm³/mol. The standard InChI is InChI=1S/C15H16Cl2N4O3S/c1-3-21-14(10-5-4-9(16)6-11(10)17)19-20-15(21)25-7-12(22)24-8(2)13(18)23/h4-6,8H,3,7H2,1-2H3,(H2,18,23)/t8-/m0/s1. The van der Waals surface area contributed by atoms with Gasteiger partial charge in [0, 0.05) is 17.1 Å². The van der Waals surface area contributed by atoms with Crippen molar-refractivity contribution in [1.82, 2.24) is 14.8 Å². The van der Waals surface area contributed by atoms with Gasteiger partial charge in [-0.2, -0.15) is 0 Å². The van der Waals surface area contributed by atoms with Crippen molar-refractivity contribution in [2.24, 2.45) is 5.73 Å². The zero-order valence-electron chi connectivity index (χ0n) is 13.5. The third-order valence-electron chi connectivity index (χ3n) is 3.23. The number of nitrogens with zero attached hydrogens (tertiary/aromatic N) is 3. The van der Waals surface area contributed by atoms with Gasteiger partial charge in [-0.05, 0) is 32.0 Å². The number of benzene rings is 1. The summed E-state index contributed by atoms with van der Waals surface area (Å²) in [7, 11) is 0. The van der Waals surface area contributed by atoms with E-state index in [1.165, 1.54) is 6.92 Å². The zero-order valence-corrected chi connectivity index (χ0v) is 15.9. The number of esters is 1. The molecular formula is C15H16Cl2N4O3S. The van der Waals surface area contributed by atoms with Gasteiger partial charge in [-0.15, -0.1) is 10.2 Å². The minimum absolute atomic E-state index is 0.0237. The second kappa shape index (κ2) is 8.55. The first-order valence-corrected chi connectivity index (χ1v) is 9.07. The van der Waals surface area contributed by atoms with Gasteiger partial charge in [0.15, 0.2) is 17.1 Å². The number of aromatic nitrogens is 3. The first-order chi connectivity index (χ1) is 11.8. The van der Waals surface area contributed by atoms with Crippen LogP contribution in [0.3, 0.4) is 0 Å². The highest BCUT2D eigenvalue weighted by Crippen LogP contribution is 2.31. The third kappa shape index (κ3) is 4.87. The third-order valence-corrected chi connectivity index (χ3v) is 4.72. The maximum atomic E-state index is 11.8. The normalized spacial score (nSPS) is 12.0. The fourth-order valence-corrected chi connectivity index (χ4v) is 3.24. The maximum Gasteiger partial charge on any atom is 0.317 e. The van der Waals surface area contributed by atoms with Crippen LogP contribution in [0.15, 0.2) is 23.4 Å². The molecule has 1 atom stereocenters. The summed E-state index contributed by atoms with van der Waals surface area (Å²) in [6.45, 7) is 3.92. The smallest absolute Gasteiger partial charge is 0.317 e. The Balaban J connectivity index is 2.14. The van der Waals surface area contributed by atoms with Gasteiger partial charge in [-0.25, -0.2) is 0 Å². The number of rotatable bonds is 7. The quantitative estimate of drug-likeness (QED) is 0.564. The molecule has 0 aliphatic rings. The van der Waals surface area contributed by atoms with Gasteiger partial charge >= 0.3 is 5.97 Å². The lowest BCUT2D eigenvalue weighted by Gasteiger charge is -2.10. The van der Waals surface area contributed by atoms with E-state index in [1.54, 1.807) is 18.2 Å². The average molecular weight is 403 g/mol. The highest BCUT2D eigenvalue weighted by molar-refractivity contribution is 7.99. The average Bonchev–Trinajstić information content (AvgIpc) is 2.95. The van der Waals surface area contributed by atoms with Gasteiger partial charge in [0.1, 0.15) is 0 Å². The lowest BCUT2D eigenvalue weighted by molar-refractivity contribution is -0.151. The van der Waals surface area contributed by atoms with Crippen molar-refractivity contribution in [2.75, 3.05) is 5.75 Å². The van der Waals surface area contributed by atoms with Crippen molar-refractivity contribution < 1.29 is 14.3 Å². The molecule has 2 rings (SSSR count). The molecule has 0 spiro atoms. The number of halogens is 2. The van der Waals surface area contributed by atoms with Crippen LogP contribution in [0.2, 0.25) is 10.0 Å². The van der Waals surface area contributed by atoms with Crippen molar-refractivity contribution in [3.8, 4) is 11.4 Å². The van der Waals surface area contributed by atoms with Crippen LogP contribution >= 0.6 is 35.0 Å².